The van der Waals surface area contributed by atoms with Gasteiger partial charge in [0, 0.05) is 25.1 Å². The summed E-state index contributed by atoms with van der Waals surface area (Å²) in [5.74, 6) is -0.201. The van der Waals surface area contributed by atoms with Crippen LogP contribution >= 0.6 is 0 Å². The lowest BCUT2D eigenvalue weighted by atomic mass is 9.83. The molecule has 0 aromatic heterocycles. The molecule has 25 heavy (non-hydrogen) atoms. The molecule has 2 rings (SSSR count). The summed E-state index contributed by atoms with van der Waals surface area (Å²) in [7, 11) is 3.21. The summed E-state index contributed by atoms with van der Waals surface area (Å²) in [6.45, 7) is 4.21. The molecule has 1 fully saturated rings. The van der Waals surface area contributed by atoms with Crippen molar-refractivity contribution >= 4 is 11.9 Å². The lowest BCUT2D eigenvalue weighted by Crippen LogP contribution is -2.45. The molecule has 1 amide bonds. The number of amides is 1. The maximum atomic E-state index is 13.2. The molecule has 1 heterocycles. The number of methoxy groups -OCH3 is 2. The third kappa shape index (κ3) is 4.51. The van der Waals surface area contributed by atoms with Gasteiger partial charge in [-0.05, 0) is 24.5 Å². The number of carbonyl (C=O) groups excluding carboxylic acids is 1. The minimum absolute atomic E-state index is 0.0517. The third-order valence-electron chi connectivity index (χ3n) is 4.78. The second-order valence-corrected chi connectivity index (χ2v) is 7.18. The standard InChI is InChI=1S/C19H27NO5/c1-19(2,11-13-7-5-6-8-16(13)25-4)18(23)20-12-15(24-3)9-14(20)10-17(21)22/h5-8,14-15H,9-12H2,1-4H3,(H,21,22). The Labute approximate surface area is 148 Å². The Hall–Kier alpha value is -2.08. The zero-order valence-corrected chi connectivity index (χ0v) is 15.3. The number of aliphatic carboxylic acids is 1. The van der Waals surface area contributed by atoms with E-state index in [4.69, 9.17) is 14.6 Å². The molecule has 1 aromatic carbocycles. The molecular formula is C19H27NO5. The van der Waals surface area contributed by atoms with Crippen molar-refractivity contribution in [1.82, 2.24) is 4.90 Å². The van der Waals surface area contributed by atoms with Gasteiger partial charge in [0.2, 0.25) is 5.91 Å². The van der Waals surface area contributed by atoms with E-state index in [9.17, 15) is 9.59 Å². The molecule has 138 valence electrons. The zero-order valence-electron chi connectivity index (χ0n) is 15.3. The van der Waals surface area contributed by atoms with Crippen molar-refractivity contribution in [2.24, 2.45) is 5.41 Å². The van der Waals surface area contributed by atoms with Gasteiger partial charge in [-0.25, -0.2) is 0 Å². The van der Waals surface area contributed by atoms with Crippen molar-refractivity contribution in [3.8, 4) is 5.75 Å². The van der Waals surface area contributed by atoms with Crippen LogP contribution in [0.25, 0.3) is 0 Å². The Morgan fingerprint density at radius 3 is 2.56 bits per heavy atom. The summed E-state index contributed by atoms with van der Waals surface area (Å²) in [4.78, 5) is 26.0. The van der Waals surface area contributed by atoms with Crippen molar-refractivity contribution in [3.05, 3.63) is 29.8 Å². The molecule has 0 spiro atoms. The first-order valence-corrected chi connectivity index (χ1v) is 8.46. The number of hydrogen-bond donors (Lipinski definition) is 1. The van der Waals surface area contributed by atoms with Crippen LogP contribution < -0.4 is 4.74 Å². The zero-order chi connectivity index (χ0) is 18.6. The number of carboxylic acids is 1. The second-order valence-electron chi connectivity index (χ2n) is 7.18. The quantitative estimate of drug-likeness (QED) is 0.818. The number of rotatable bonds is 7. The highest BCUT2D eigenvalue weighted by Gasteiger charge is 2.42. The molecule has 0 aliphatic carbocycles. The Kier molecular flexibility index (Phi) is 6.06. The monoisotopic (exact) mass is 349 g/mol. The van der Waals surface area contributed by atoms with E-state index in [0.717, 1.165) is 11.3 Å². The molecule has 1 saturated heterocycles. The molecule has 0 saturated carbocycles. The van der Waals surface area contributed by atoms with Crippen LogP contribution in [0.4, 0.5) is 0 Å². The largest absolute Gasteiger partial charge is 0.496 e. The first-order chi connectivity index (χ1) is 11.8. The fourth-order valence-corrected chi connectivity index (χ4v) is 3.48. The fourth-order valence-electron chi connectivity index (χ4n) is 3.48. The number of para-hydroxylation sites is 1. The van der Waals surface area contributed by atoms with Crippen molar-refractivity contribution in [2.45, 2.75) is 45.3 Å². The summed E-state index contributed by atoms with van der Waals surface area (Å²) in [5.41, 5.74) is 0.286. The lowest BCUT2D eigenvalue weighted by Gasteiger charge is -2.33. The van der Waals surface area contributed by atoms with Crippen molar-refractivity contribution in [1.29, 1.82) is 0 Å². The molecule has 6 nitrogen and oxygen atoms in total. The van der Waals surface area contributed by atoms with Crippen molar-refractivity contribution in [3.63, 3.8) is 0 Å². The maximum absolute atomic E-state index is 13.2. The molecule has 0 bridgehead atoms. The van der Waals surface area contributed by atoms with E-state index >= 15 is 0 Å². The van der Waals surface area contributed by atoms with Gasteiger partial charge in [-0.1, -0.05) is 32.0 Å². The molecule has 1 aliphatic heterocycles. The van der Waals surface area contributed by atoms with E-state index in [0.29, 0.717) is 19.4 Å². The van der Waals surface area contributed by atoms with Crippen LogP contribution in [-0.4, -0.2) is 54.8 Å². The molecule has 2 atom stereocenters. The van der Waals surface area contributed by atoms with Gasteiger partial charge in [0.05, 0.1) is 19.6 Å². The van der Waals surface area contributed by atoms with Gasteiger partial charge in [0.25, 0.3) is 0 Å². The highest BCUT2D eigenvalue weighted by atomic mass is 16.5. The number of carboxylic acid groups (broad SMARTS) is 1. The van der Waals surface area contributed by atoms with E-state index in [2.05, 4.69) is 0 Å². The van der Waals surface area contributed by atoms with Crippen LogP contribution in [0.3, 0.4) is 0 Å². The average Bonchev–Trinajstić information content (AvgIpc) is 2.96. The van der Waals surface area contributed by atoms with Crippen molar-refractivity contribution < 1.29 is 24.2 Å². The van der Waals surface area contributed by atoms with Crippen molar-refractivity contribution in [2.75, 3.05) is 20.8 Å². The van der Waals surface area contributed by atoms with Crippen LogP contribution in [0.15, 0.2) is 24.3 Å². The molecule has 0 radical (unpaired) electrons. The summed E-state index contributed by atoms with van der Waals surface area (Å²) in [5, 5.41) is 9.14. The summed E-state index contributed by atoms with van der Waals surface area (Å²) in [6, 6.07) is 7.31. The number of nitrogens with zero attached hydrogens (tertiary/aromatic N) is 1. The van der Waals surface area contributed by atoms with Crippen LogP contribution in [0, 0.1) is 5.41 Å². The van der Waals surface area contributed by atoms with E-state index < -0.39 is 11.4 Å². The topological polar surface area (TPSA) is 76.1 Å². The van der Waals surface area contributed by atoms with Crippen LogP contribution in [0.1, 0.15) is 32.3 Å². The first-order valence-electron chi connectivity index (χ1n) is 8.46. The summed E-state index contributed by atoms with van der Waals surface area (Å²) < 4.78 is 10.7. The SMILES string of the molecule is COc1ccccc1CC(C)(C)C(=O)N1CC(OC)CC1CC(=O)O. The average molecular weight is 349 g/mol. The summed E-state index contributed by atoms with van der Waals surface area (Å²) in [6.07, 6.45) is 0.898. The maximum Gasteiger partial charge on any atom is 0.305 e. The van der Waals surface area contributed by atoms with Crippen LogP contribution in [-0.2, 0) is 20.7 Å². The molecule has 1 aliphatic rings. The number of benzene rings is 1. The lowest BCUT2D eigenvalue weighted by molar-refractivity contribution is -0.144. The van der Waals surface area contributed by atoms with Crippen LogP contribution in [0.5, 0.6) is 5.75 Å². The minimum atomic E-state index is -0.901. The van der Waals surface area contributed by atoms with Crippen LogP contribution in [0.2, 0.25) is 0 Å². The second kappa shape index (κ2) is 7.87. The molecule has 6 heteroatoms. The first kappa shape index (κ1) is 19.2. The number of hydrogen-bond acceptors (Lipinski definition) is 4. The third-order valence-corrected chi connectivity index (χ3v) is 4.78. The Balaban J connectivity index is 2.19. The fraction of sp³-hybridized carbons (Fsp3) is 0.579. The van der Waals surface area contributed by atoms with Gasteiger partial charge in [0.1, 0.15) is 5.75 Å². The highest BCUT2D eigenvalue weighted by Crippen LogP contribution is 2.33. The molecule has 2 unspecified atom stereocenters. The Morgan fingerprint density at radius 1 is 1.28 bits per heavy atom. The van der Waals surface area contributed by atoms with Gasteiger partial charge in [-0.2, -0.15) is 0 Å². The van der Waals surface area contributed by atoms with E-state index in [-0.39, 0.29) is 24.5 Å². The summed E-state index contributed by atoms with van der Waals surface area (Å²) >= 11 is 0. The predicted octanol–water partition coefficient (Wildman–Crippen LogP) is 2.35. The smallest absolute Gasteiger partial charge is 0.305 e. The Morgan fingerprint density at radius 2 is 1.96 bits per heavy atom. The normalized spacial score (nSPS) is 20.6. The molecular weight excluding hydrogens is 322 g/mol. The van der Waals surface area contributed by atoms with Gasteiger partial charge in [-0.15, -0.1) is 0 Å². The Bertz CT molecular complexity index is 628. The number of ether oxygens (including phenoxy) is 2. The van der Waals surface area contributed by atoms with Gasteiger partial charge in [0.15, 0.2) is 0 Å². The van der Waals surface area contributed by atoms with E-state index in [1.54, 1.807) is 19.1 Å². The highest BCUT2D eigenvalue weighted by molar-refractivity contribution is 5.83. The predicted molar refractivity (Wildman–Crippen MR) is 93.6 cm³/mol. The minimum Gasteiger partial charge on any atom is -0.496 e. The molecule has 1 N–H and O–H groups in total. The van der Waals surface area contributed by atoms with E-state index in [1.165, 1.54) is 0 Å². The van der Waals surface area contributed by atoms with Gasteiger partial charge < -0.3 is 19.5 Å². The van der Waals surface area contributed by atoms with Gasteiger partial charge in [-0.3, -0.25) is 9.59 Å². The number of carbonyl (C=O) groups is 2. The van der Waals surface area contributed by atoms with E-state index in [1.807, 2.05) is 38.1 Å². The van der Waals surface area contributed by atoms with Gasteiger partial charge >= 0.3 is 5.97 Å². The molecule has 1 aromatic rings. The number of likely N-dealkylation sites (tertiary alicyclic amines) is 1.